The third-order valence-electron chi connectivity index (χ3n) is 9.17. The number of hydrogen-bond donors (Lipinski definition) is 0. The fourth-order valence-electron chi connectivity index (χ4n) is 6.99. The van der Waals surface area contributed by atoms with Crippen molar-refractivity contribution in [3.8, 4) is 45.3 Å². The molecule has 0 saturated heterocycles. The normalized spacial score (nSPS) is 11.8. The summed E-state index contributed by atoms with van der Waals surface area (Å²) in [6.45, 7) is 0. The van der Waals surface area contributed by atoms with Gasteiger partial charge in [-0.15, -0.1) is 0 Å². The van der Waals surface area contributed by atoms with Crippen molar-refractivity contribution in [3.63, 3.8) is 0 Å². The minimum atomic E-state index is 0.244. The van der Waals surface area contributed by atoms with Gasteiger partial charge in [-0.1, -0.05) is 24.3 Å². The van der Waals surface area contributed by atoms with Gasteiger partial charge in [-0.2, -0.15) is 0 Å². The number of aromatic nitrogens is 3. The Morgan fingerprint density at radius 2 is 0.938 bits per heavy atom. The van der Waals surface area contributed by atoms with Crippen molar-refractivity contribution >= 4 is 66.5 Å². The predicted molar refractivity (Wildman–Crippen MR) is 198 cm³/mol. The monoisotopic (exact) mass is 679 g/mol. The predicted octanol–water partition coefficient (Wildman–Crippen LogP) is 11.0. The van der Waals surface area contributed by atoms with Gasteiger partial charge in [-0.25, -0.2) is 0 Å². The Morgan fingerprint density at radius 3 is 1.79 bits per heavy atom. The van der Waals surface area contributed by atoms with Gasteiger partial charge in [0.05, 0.1) is 0 Å². The van der Waals surface area contributed by atoms with Crippen molar-refractivity contribution in [1.29, 1.82) is 0 Å². The van der Waals surface area contributed by atoms with Crippen molar-refractivity contribution in [1.82, 2.24) is 15.0 Å². The van der Waals surface area contributed by atoms with E-state index in [4.69, 9.17) is 19.4 Å². The summed E-state index contributed by atoms with van der Waals surface area (Å²) in [7, 11) is 0. The van der Waals surface area contributed by atoms with Crippen LogP contribution in [0.5, 0.6) is 0 Å². The average molecular weight is 679 g/mol. The molecular weight excluding hydrogens is 653 g/mol. The van der Waals surface area contributed by atoms with Crippen LogP contribution < -0.4 is 0 Å². The van der Waals surface area contributed by atoms with Crippen LogP contribution in [0.15, 0.2) is 156 Å². The van der Waals surface area contributed by atoms with Gasteiger partial charge in [0.2, 0.25) is 0 Å². The molecule has 48 heavy (non-hydrogen) atoms. The molecule has 0 aliphatic rings. The van der Waals surface area contributed by atoms with Gasteiger partial charge in [0.25, 0.3) is 0 Å². The Balaban J connectivity index is 1.22. The summed E-state index contributed by atoms with van der Waals surface area (Å²) >= 11 is 0.244. The van der Waals surface area contributed by atoms with Crippen LogP contribution in [0.1, 0.15) is 0 Å². The van der Waals surface area contributed by atoms with Gasteiger partial charge >= 0.3 is 236 Å². The fourth-order valence-corrected chi connectivity index (χ4v) is 9.57. The van der Waals surface area contributed by atoms with E-state index in [1.54, 1.807) is 0 Å². The molecule has 0 bridgehead atoms. The number of benzene rings is 7. The zero-order valence-electron chi connectivity index (χ0n) is 25.6. The molecule has 4 nitrogen and oxygen atoms in total. The molecule has 0 spiro atoms. The molecule has 0 saturated carbocycles. The van der Waals surface area contributed by atoms with Crippen molar-refractivity contribution < 1.29 is 4.42 Å². The van der Waals surface area contributed by atoms with E-state index in [1.165, 1.54) is 35.8 Å². The van der Waals surface area contributed by atoms with Crippen molar-refractivity contribution in [2.45, 2.75) is 0 Å². The van der Waals surface area contributed by atoms with E-state index < -0.39 is 0 Å². The van der Waals surface area contributed by atoms with Crippen LogP contribution in [0.3, 0.4) is 0 Å². The second-order valence-electron chi connectivity index (χ2n) is 11.9. The van der Waals surface area contributed by atoms with Gasteiger partial charge < -0.3 is 4.42 Å². The summed E-state index contributed by atoms with van der Waals surface area (Å²) in [5.74, 6) is 1.89. The standard InChI is InChI=1S/C43H25N3OSe/c1-2-12-26(13-3-1)41-44-42(46-43(45-41)35-22-11-24-37-39(35)34-15-4-6-23-36(34)47-37)33-21-9-16-27-28(17-8-18-29(27)33)31-19-10-20-32-30-14-5-7-25-38(30)48-40(31)32/h1-25H. The van der Waals surface area contributed by atoms with E-state index in [0.717, 1.165) is 44.0 Å². The summed E-state index contributed by atoms with van der Waals surface area (Å²) in [5.41, 5.74) is 7.01. The topological polar surface area (TPSA) is 51.8 Å². The Kier molecular flexibility index (Phi) is 6.16. The van der Waals surface area contributed by atoms with Gasteiger partial charge in [-0.05, 0) is 12.1 Å². The molecule has 5 heteroatoms. The van der Waals surface area contributed by atoms with Gasteiger partial charge in [-0.3, -0.25) is 0 Å². The number of hydrogen-bond acceptors (Lipinski definition) is 4. The number of furan rings is 1. The molecule has 224 valence electrons. The van der Waals surface area contributed by atoms with E-state index in [9.17, 15) is 0 Å². The Hall–Kier alpha value is -5.87. The second-order valence-corrected chi connectivity index (χ2v) is 14.1. The maximum absolute atomic E-state index is 6.24. The van der Waals surface area contributed by atoms with Gasteiger partial charge in [0, 0.05) is 0 Å². The minimum absolute atomic E-state index is 0.244. The first-order chi connectivity index (χ1) is 23.8. The molecule has 10 rings (SSSR count). The molecule has 0 aliphatic heterocycles. The number of nitrogens with zero attached hydrogens (tertiary/aromatic N) is 3. The molecule has 0 amide bonds. The Bertz CT molecular complexity index is 2850. The van der Waals surface area contributed by atoms with Crippen LogP contribution in [0.25, 0.3) is 97.3 Å². The first kappa shape index (κ1) is 27.3. The first-order valence-corrected chi connectivity index (χ1v) is 17.7. The molecule has 3 heterocycles. The van der Waals surface area contributed by atoms with E-state index >= 15 is 0 Å². The maximum atomic E-state index is 6.24. The number of para-hydroxylation sites is 1. The molecule has 10 aromatic rings. The third-order valence-corrected chi connectivity index (χ3v) is 11.7. The number of rotatable bonds is 4. The van der Waals surface area contributed by atoms with Crippen LogP contribution in [0, 0.1) is 0 Å². The van der Waals surface area contributed by atoms with Crippen LogP contribution in [-0.2, 0) is 0 Å². The molecule has 0 atom stereocenters. The zero-order valence-corrected chi connectivity index (χ0v) is 27.3. The molecule has 0 aliphatic carbocycles. The second kappa shape index (κ2) is 10.9. The van der Waals surface area contributed by atoms with Crippen LogP contribution >= 0.6 is 0 Å². The average Bonchev–Trinajstić information content (AvgIpc) is 3.73. The quantitative estimate of drug-likeness (QED) is 0.174. The first-order valence-electron chi connectivity index (χ1n) is 15.9. The van der Waals surface area contributed by atoms with Gasteiger partial charge in [0.1, 0.15) is 5.58 Å². The fraction of sp³-hybridized carbons (Fsp3) is 0. The van der Waals surface area contributed by atoms with Crippen LogP contribution in [-0.4, -0.2) is 29.5 Å². The molecule has 3 aromatic heterocycles. The number of fused-ring (bicyclic) bond motifs is 7. The zero-order chi connectivity index (χ0) is 31.6. The summed E-state index contributed by atoms with van der Waals surface area (Å²) < 4.78 is 9.13. The van der Waals surface area contributed by atoms with E-state index in [2.05, 4.69) is 91.0 Å². The molecular formula is C43H25N3OSe. The van der Waals surface area contributed by atoms with Crippen LogP contribution in [0.2, 0.25) is 0 Å². The molecule has 0 radical (unpaired) electrons. The van der Waals surface area contributed by atoms with Crippen molar-refractivity contribution in [2.75, 3.05) is 0 Å². The summed E-state index contributed by atoms with van der Waals surface area (Å²) in [4.78, 5) is 15.4. The van der Waals surface area contributed by atoms with Crippen LogP contribution in [0.4, 0.5) is 0 Å². The Morgan fingerprint density at radius 1 is 0.375 bits per heavy atom. The summed E-state index contributed by atoms with van der Waals surface area (Å²) in [6, 6.07) is 53.0. The van der Waals surface area contributed by atoms with Crippen molar-refractivity contribution in [2.24, 2.45) is 0 Å². The Labute approximate surface area is 281 Å². The molecule has 7 aromatic carbocycles. The van der Waals surface area contributed by atoms with Gasteiger partial charge in [0.15, 0.2) is 0 Å². The molecule has 0 unspecified atom stereocenters. The third kappa shape index (κ3) is 4.26. The molecule has 0 N–H and O–H groups in total. The van der Waals surface area contributed by atoms with E-state index in [0.29, 0.717) is 17.5 Å². The SMILES string of the molecule is c1ccc(-c2nc(-c3cccc4c(-c5cccc6c5[se]c5ccccc56)cccc34)nc(-c3cccc4oc5ccccc5c34)n2)cc1. The van der Waals surface area contributed by atoms with Crippen molar-refractivity contribution in [3.05, 3.63) is 152 Å². The summed E-state index contributed by atoms with van der Waals surface area (Å²) in [5, 5.41) is 7.05. The van der Waals surface area contributed by atoms with E-state index in [1.807, 2.05) is 60.7 Å². The van der Waals surface area contributed by atoms with E-state index in [-0.39, 0.29) is 14.5 Å². The summed E-state index contributed by atoms with van der Waals surface area (Å²) in [6.07, 6.45) is 0. The molecule has 0 fully saturated rings.